The molecule has 21 heavy (non-hydrogen) atoms. The van der Waals surface area contributed by atoms with Crippen molar-refractivity contribution < 1.29 is 0 Å². The Morgan fingerprint density at radius 2 is 2.19 bits per heavy atom. The largest absolute Gasteiger partial charge is 0.375 e. The van der Waals surface area contributed by atoms with E-state index in [2.05, 4.69) is 17.3 Å². The topological polar surface area (TPSA) is 46.9 Å². The van der Waals surface area contributed by atoms with Gasteiger partial charge in [0.05, 0.1) is 22.3 Å². The molecule has 0 saturated heterocycles. The number of anilines is 1. The van der Waals surface area contributed by atoms with Gasteiger partial charge in [-0.15, -0.1) is 11.3 Å². The Balaban J connectivity index is 2.17. The molecule has 0 spiro atoms. The normalized spacial score (nSPS) is 12.4. The summed E-state index contributed by atoms with van der Waals surface area (Å²) in [6.45, 7) is 4.64. The van der Waals surface area contributed by atoms with Gasteiger partial charge in [-0.2, -0.15) is 5.10 Å². The lowest BCUT2D eigenvalue weighted by molar-refractivity contribution is 0.543. The van der Waals surface area contributed by atoms with Crippen LogP contribution in [0.15, 0.2) is 23.1 Å². The average molecular weight is 346 g/mol. The van der Waals surface area contributed by atoms with Crippen LogP contribution in [0.4, 0.5) is 5.69 Å². The van der Waals surface area contributed by atoms with E-state index < -0.39 is 0 Å². The molecule has 2 rings (SSSR count). The van der Waals surface area contributed by atoms with E-state index in [4.69, 9.17) is 23.2 Å². The summed E-state index contributed by atoms with van der Waals surface area (Å²) in [6, 6.07) is 3.81. The Morgan fingerprint density at radius 1 is 1.43 bits per heavy atom. The quantitative estimate of drug-likeness (QED) is 0.832. The maximum absolute atomic E-state index is 12.1. The van der Waals surface area contributed by atoms with Crippen molar-refractivity contribution in [3.63, 3.8) is 0 Å². The summed E-state index contributed by atoms with van der Waals surface area (Å²) in [4.78, 5) is 13.2. The molecular formula is C14H17Cl2N3OS. The van der Waals surface area contributed by atoms with Crippen LogP contribution in [0.5, 0.6) is 0 Å². The molecule has 2 aromatic heterocycles. The molecule has 7 heteroatoms. The van der Waals surface area contributed by atoms with E-state index in [-0.39, 0.29) is 16.6 Å². The third kappa shape index (κ3) is 3.99. The van der Waals surface area contributed by atoms with Crippen molar-refractivity contribution in [3.8, 4) is 0 Å². The molecule has 2 aromatic rings. The SMILES string of the molecule is CCCCn1ncc(NC(C)c2ccc(Cl)s2)c(Cl)c1=O. The number of hydrogen-bond acceptors (Lipinski definition) is 4. The number of aryl methyl sites for hydroxylation is 1. The van der Waals surface area contributed by atoms with Gasteiger partial charge in [0.15, 0.2) is 0 Å². The van der Waals surface area contributed by atoms with Crippen LogP contribution in [0.1, 0.15) is 37.6 Å². The van der Waals surface area contributed by atoms with Gasteiger partial charge in [-0.1, -0.05) is 36.5 Å². The molecule has 114 valence electrons. The van der Waals surface area contributed by atoms with E-state index in [1.54, 1.807) is 6.20 Å². The Labute approximate surface area is 137 Å². The van der Waals surface area contributed by atoms with Crippen molar-refractivity contribution in [2.75, 3.05) is 5.32 Å². The van der Waals surface area contributed by atoms with Crippen LogP contribution >= 0.6 is 34.5 Å². The predicted molar refractivity (Wildman–Crippen MR) is 89.8 cm³/mol. The van der Waals surface area contributed by atoms with E-state index in [9.17, 15) is 4.79 Å². The van der Waals surface area contributed by atoms with Gasteiger partial charge >= 0.3 is 0 Å². The molecule has 1 unspecified atom stereocenters. The van der Waals surface area contributed by atoms with Crippen molar-refractivity contribution in [2.45, 2.75) is 39.3 Å². The third-order valence-electron chi connectivity index (χ3n) is 3.10. The Morgan fingerprint density at radius 3 is 2.81 bits per heavy atom. The molecule has 1 N–H and O–H groups in total. The second-order valence-corrected chi connectivity index (χ2v) is 6.89. The standard InChI is InChI=1S/C14H17Cl2N3OS/c1-3-4-7-19-14(20)13(16)10(8-17-19)18-9(2)11-5-6-12(15)21-11/h5-6,8-9,18H,3-4,7H2,1-2H3. The van der Waals surface area contributed by atoms with Crippen molar-refractivity contribution in [1.29, 1.82) is 0 Å². The lowest BCUT2D eigenvalue weighted by atomic mass is 10.2. The fraction of sp³-hybridized carbons (Fsp3) is 0.429. The van der Waals surface area contributed by atoms with Crippen molar-refractivity contribution in [2.24, 2.45) is 0 Å². The summed E-state index contributed by atoms with van der Waals surface area (Å²) in [5.74, 6) is 0. The number of unbranched alkanes of at least 4 members (excludes halogenated alkanes) is 1. The number of halogens is 2. The second-order valence-electron chi connectivity index (χ2n) is 4.76. The number of nitrogens with zero attached hydrogens (tertiary/aromatic N) is 2. The number of hydrogen-bond donors (Lipinski definition) is 1. The maximum Gasteiger partial charge on any atom is 0.287 e. The minimum Gasteiger partial charge on any atom is -0.375 e. The summed E-state index contributed by atoms with van der Waals surface area (Å²) in [7, 11) is 0. The molecule has 0 aliphatic rings. The fourth-order valence-electron chi connectivity index (χ4n) is 1.90. The van der Waals surface area contributed by atoms with Crippen molar-refractivity contribution in [1.82, 2.24) is 9.78 Å². The van der Waals surface area contributed by atoms with Gasteiger partial charge in [0, 0.05) is 11.4 Å². The zero-order valence-corrected chi connectivity index (χ0v) is 14.2. The first kappa shape index (κ1) is 16.3. The highest BCUT2D eigenvalue weighted by Crippen LogP contribution is 2.30. The van der Waals surface area contributed by atoms with Crippen molar-refractivity contribution in [3.05, 3.63) is 42.9 Å². The van der Waals surface area contributed by atoms with Gasteiger partial charge in [0.2, 0.25) is 0 Å². The van der Waals surface area contributed by atoms with Crippen LogP contribution in [0, 0.1) is 0 Å². The number of thiophene rings is 1. The first-order valence-corrected chi connectivity index (χ1v) is 8.37. The molecule has 0 bridgehead atoms. The van der Waals surface area contributed by atoms with Gasteiger partial charge in [-0.25, -0.2) is 4.68 Å². The van der Waals surface area contributed by atoms with Crippen LogP contribution in [0.2, 0.25) is 9.36 Å². The highest BCUT2D eigenvalue weighted by Gasteiger charge is 2.13. The van der Waals surface area contributed by atoms with E-state index in [0.717, 1.165) is 22.1 Å². The molecule has 0 fully saturated rings. The fourth-order valence-corrected chi connectivity index (χ4v) is 3.16. The van der Waals surface area contributed by atoms with Crippen LogP contribution in [0.25, 0.3) is 0 Å². The number of nitrogens with one attached hydrogen (secondary N) is 1. The third-order valence-corrected chi connectivity index (χ3v) is 4.88. The monoisotopic (exact) mass is 345 g/mol. The van der Waals surface area contributed by atoms with Gasteiger partial charge in [0.1, 0.15) is 5.02 Å². The summed E-state index contributed by atoms with van der Waals surface area (Å²) in [5, 5.41) is 7.55. The van der Waals surface area contributed by atoms with Crippen LogP contribution in [-0.2, 0) is 6.54 Å². The zero-order valence-electron chi connectivity index (χ0n) is 11.9. The maximum atomic E-state index is 12.1. The highest BCUT2D eigenvalue weighted by molar-refractivity contribution is 7.16. The average Bonchev–Trinajstić information content (AvgIpc) is 2.90. The van der Waals surface area contributed by atoms with E-state index in [0.29, 0.717) is 12.2 Å². The minimum absolute atomic E-state index is 0.00712. The second kappa shape index (κ2) is 7.29. The first-order valence-electron chi connectivity index (χ1n) is 6.80. The molecule has 1 atom stereocenters. The predicted octanol–water partition coefficient (Wildman–Crippen LogP) is 4.58. The number of rotatable bonds is 6. The molecule has 0 amide bonds. The molecule has 0 radical (unpaired) electrons. The van der Waals surface area contributed by atoms with Crippen LogP contribution < -0.4 is 10.9 Å². The minimum atomic E-state index is -0.258. The van der Waals surface area contributed by atoms with Crippen LogP contribution in [-0.4, -0.2) is 9.78 Å². The molecule has 4 nitrogen and oxygen atoms in total. The summed E-state index contributed by atoms with van der Waals surface area (Å²) >= 11 is 13.6. The van der Waals surface area contributed by atoms with E-state index >= 15 is 0 Å². The summed E-state index contributed by atoms with van der Waals surface area (Å²) in [6.07, 6.45) is 3.51. The molecule has 0 aliphatic heterocycles. The highest BCUT2D eigenvalue weighted by atomic mass is 35.5. The molecule has 0 aliphatic carbocycles. The molecule has 2 heterocycles. The van der Waals surface area contributed by atoms with E-state index in [1.165, 1.54) is 16.0 Å². The summed E-state index contributed by atoms with van der Waals surface area (Å²) < 4.78 is 2.14. The van der Waals surface area contributed by atoms with Gasteiger partial charge in [-0.05, 0) is 25.5 Å². The van der Waals surface area contributed by atoms with Crippen molar-refractivity contribution >= 4 is 40.2 Å². The smallest absolute Gasteiger partial charge is 0.287 e. The molecular weight excluding hydrogens is 329 g/mol. The van der Waals surface area contributed by atoms with Gasteiger partial charge in [0.25, 0.3) is 5.56 Å². The Hall–Kier alpha value is -1.04. The lowest BCUT2D eigenvalue weighted by Gasteiger charge is -2.15. The number of aromatic nitrogens is 2. The zero-order chi connectivity index (χ0) is 15.4. The Bertz CT molecular complexity index is 668. The lowest BCUT2D eigenvalue weighted by Crippen LogP contribution is -2.24. The molecule has 0 aromatic carbocycles. The van der Waals surface area contributed by atoms with Gasteiger partial charge < -0.3 is 5.32 Å². The Kier molecular flexibility index (Phi) is 5.67. The molecule has 0 saturated carbocycles. The first-order chi connectivity index (χ1) is 10.0. The summed E-state index contributed by atoms with van der Waals surface area (Å²) in [5.41, 5.74) is 0.290. The van der Waals surface area contributed by atoms with Crippen LogP contribution in [0.3, 0.4) is 0 Å². The van der Waals surface area contributed by atoms with E-state index in [1.807, 2.05) is 19.1 Å². The van der Waals surface area contributed by atoms with Gasteiger partial charge in [-0.3, -0.25) is 4.79 Å².